The number of hydrogen-bond donors (Lipinski definition) is 2. The molecule has 0 aromatic heterocycles. The monoisotopic (exact) mass is 274 g/mol. The Morgan fingerprint density at radius 1 is 1.15 bits per heavy atom. The van der Waals surface area contributed by atoms with E-state index in [1.165, 1.54) is 6.42 Å². The first-order valence-electron chi connectivity index (χ1n) is 7.25. The average molecular weight is 274 g/mol. The Bertz CT molecular complexity index is 499. The van der Waals surface area contributed by atoms with Crippen molar-refractivity contribution in [1.82, 2.24) is 5.32 Å². The SMILES string of the molecule is Cc1cccc(NC(=O)C(=O)NC2CCCCC2C)c1. The predicted octanol–water partition coefficient (Wildman–Crippen LogP) is 2.63. The van der Waals surface area contributed by atoms with Crippen LogP contribution < -0.4 is 10.6 Å². The van der Waals surface area contributed by atoms with Gasteiger partial charge in [0, 0.05) is 11.7 Å². The Morgan fingerprint density at radius 3 is 2.60 bits per heavy atom. The van der Waals surface area contributed by atoms with Gasteiger partial charge in [-0.25, -0.2) is 0 Å². The van der Waals surface area contributed by atoms with E-state index in [2.05, 4.69) is 17.6 Å². The molecule has 2 atom stereocenters. The molecule has 4 heteroatoms. The van der Waals surface area contributed by atoms with Crippen molar-refractivity contribution >= 4 is 17.5 Å². The summed E-state index contributed by atoms with van der Waals surface area (Å²) in [6.45, 7) is 4.07. The topological polar surface area (TPSA) is 58.2 Å². The van der Waals surface area contributed by atoms with E-state index in [9.17, 15) is 9.59 Å². The van der Waals surface area contributed by atoms with Crippen molar-refractivity contribution in [3.05, 3.63) is 29.8 Å². The van der Waals surface area contributed by atoms with Crippen molar-refractivity contribution in [2.45, 2.75) is 45.6 Å². The third-order valence-electron chi connectivity index (χ3n) is 3.91. The van der Waals surface area contributed by atoms with Crippen LogP contribution in [0.25, 0.3) is 0 Å². The fourth-order valence-corrected chi connectivity index (χ4v) is 2.68. The maximum absolute atomic E-state index is 11.9. The molecule has 2 N–H and O–H groups in total. The summed E-state index contributed by atoms with van der Waals surface area (Å²) in [5, 5.41) is 5.49. The molecular weight excluding hydrogens is 252 g/mol. The lowest BCUT2D eigenvalue weighted by Gasteiger charge is -2.29. The molecule has 4 nitrogen and oxygen atoms in total. The first kappa shape index (κ1) is 14.6. The molecule has 108 valence electrons. The number of amides is 2. The van der Waals surface area contributed by atoms with E-state index in [1.54, 1.807) is 6.07 Å². The molecule has 1 aliphatic carbocycles. The molecule has 0 saturated heterocycles. The highest BCUT2D eigenvalue weighted by molar-refractivity contribution is 6.39. The molecule has 0 bridgehead atoms. The van der Waals surface area contributed by atoms with Crippen LogP contribution in [-0.4, -0.2) is 17.9 Å². The summed E-state index contributed by atoms with van der Waals surface area (Å²) < 4.78 is 0. The van der Waals surface area contributed by atoms with Crippen LogP contribution in [0.15, 0.2) is 24.3 Å². The Morgan fingerprint density at radius 2 is 1.90 bits per heavy atom. The summed E-state index contributed by atoms with van der Waals surface area (Å²) in [6.07, 6.45) is 4.41. The van der Waals surface area contributed by atoms with Crippen molar-refractivity contribution < 1.29 is 9.59 Å². The van der Waals surface area contributed by atoms with Gasteiger partial charge in [0.15, 0.2) is 0 Å². The maximum Gasteiger partial charge on any atom is 0.313 e. The normalized spacial score (nSPS) is 22.1. The summed E-state index contributed by atoms with van der Waals surface area (Å²) in [5.41, 5.74) is 1.70. The van der Waals surface area contributed by atoms with E-state index in [1.807, 2.05) is 25.1 Å². The first-order chi connectivity index (χ1) is 9.56. The average Bonchev–Trinajstić information content (AvgIpc) is 2.41. The van der Waals surface area contributed by atoms with Gasteiger partial charge >= 0.3 is 11.8 Å². The standard InChI is InChI=1S/C16H22N2O2/c1-11-6-5-8-13(10-11)17-15(19)16(20)18-14-9-4-3-7-12(14)2/h5-6,8,10,12,14H,3-4,7,9H2,1-2H3,(H,17,19)(H,18,20). The van der Waals surface area contributed by atoms with E-state index in [0.29, 0.717) is 11.6 Å². The fourth-order valence-electron chi connectivity index (χ4n) is 2.68. The van der Waals surface area contributed by atoms with E-state index in [4.69, 9.17) is 0 Å². The smallest absolute Gasteiger partial charge is 0.313 e. The minimum Gasteiger partial charge on any atom is -0.345 e. The van der Waals surface area contributed by atoms with Crippen LogP contribution in [0.2, 0.25) is 0 Å². The van der Waals surface area contributed by atoms with Gasteiger partial charge in [-0.3, -0.25) is 9.59 Å². The highest BCUT2D eigenvalue weighted by Gasteiger charge is 2.25. The lowest BCUT2D eigenvalue weighted by atomic mass is 9.86. The van der Waals surface area contributed by atoms with Crippen LogP contribution in [0.5, 0.6) is 0 Å². The molecule has 0 spiro atoms. The summed E-state index contributed by atoms with van der Waals surface area (Å²) in [4.78, 5) is 23.8. The van der Waals surface area contributed by atoms with Gasteiger partial charge in [0.05, 0.1) is 0 Å². The van der Waals surface area contributed by atoms with Crippen LogP contribution in [0.1, 0.15) is 38.2 Å². The Labute approximate surface area is 119 Å². The quantitative estimate of drug-likeness (QED) is 0.814. The van der Waals surface area contributed by atoms with Crippen molar-refractivity contribution in [2.75, 3.05) is 5.32 Å². The molecule has 0 aliphatic heterocycles. The molecule has 2 rings (SSSR count). The van der Waals surface area contributed by atoms with Crippen LogP contribution in [-0.2, 0) is 9.59 Å². The minimum atomic E-state index is -0.589. The lowest BCUT2D eigenvalue weighted by Crippen LogP contribution is -2.45. The largest absolute Gasteiger partial charge is 0.345 e. The van der Waals surface area contributed by atoms with Crippen LogP contribution >= 0.6 is 0 Å². The molecule has 2 amide bonds. The molecule has 2 unspecified atom stereocenters. The van der Waals surface area contributed by atoms with E-state index >= 15 is 0 Å². The van der Waals surface area contributed by atoms with E-state index in [0.717, 1.165) is 24.8 Å². The van der Waals surface area contributed by atoms with Crippen LogP contribution in [0.4, 0.5) is 5.69 Å². The minimum absolute atomic E-state index is 0.125. The van der Waals surface area contributed by atoms with E-state index in [-0.39, 0.29) is 6.04 Å². The number of carbonyl (C=O) groups is 2. The molecule has 1 aromatic rings. The second-order valence-electron chi connectivity index (χ2n) is 5.67. The molecule has 1 fully saturated rings. The number of anilines is 1. The third kappa shape index (κ3) is 3.83. The van der Waals surface area contributed by atoms with Gasteiger partial charge in [-0.1, -0.05) is 31.9 Å². The van der Waals surface area contributed by atoms with Gasteiger partial charge in [0.25, 0.3) is 0 Å². The third-order valence-corrected chi connectivity index (χ3v) is 3.91. The summed E-state index contributed by atoms with van der Waals surface area (Å²) in [6, 6.07) is 7.54. The molecular formula is C16H22N2O2. The Kier molecular flexibility index (Phi) is 4.77. The van der Waals surface area contributed by atoms with Crippen molar-refractivity contribution in [1.29, 1.82) is 0 Å². The fraction of sp³-hybridized carbons (Fsp3) is 0.500. The number of benzene rings is 1. The molecule has 0 heterocycles. The first-order valence-corrected chi connectivity index (χ1v) is 7.25. The Hall–Kier alpha value is -1.84. The lowest BCUT2D eigenvalue weighted by molar-refractivity contribution is -0.137. The maximum atomic E-state index is 11.9. The zero-order valence-electron chi connectivity index (χ0n) is 12.1. The zero-order chi connectivity index (χ0) is 14.5. The second-order valence-corrected chi connectivity index (χ2v) is 5.67. The molecule has 1 aliphatic rings. The van der Waals surface area contributed by atoms with Gasteiger partial charge < -0.3 is 10.6 Å². The van der Waals surface area contributed by atoms with E-state index < -0.39 is 11.8 Å². The van der Waals surface area contributed by atoms with Gasteiger partial charge in [-0.05, 0) is 43.4 Å². The number of rotatable bonds is 2. The van der Waals surface area contributed by atoms with Gasteiger partial charge in [-0.15, -0.1) is 0 Å². The highest BCUT2D eigenvalue weighted by atomic mass is 16.2. The highest BCUT2D eigenvalue weighted by Crippen LogP contribution is 2.23. The number of nitrogens with one attached hydrogen (secondary N) is 2. The zero-order valence-corrected chi connectivity index (χ0v) is 12.1. The van der Waals surface area contributed by atoms with Gasteiger partial charge in [0.1, 0.15) is 0 Å². The predicted molar refractivity (Wildman–Crippen MR) is 79.4 cm³/mol. The summed E-state index contributed by atoms with van der Waals surface area (Å²) in [5.74, 6) is -0.682. The van der Waals surface area contributed by atoms with Crippen molar-refractivity contribution in [2.24, 2.45) is 5.92 Å². The summed E-state index contributed by atoms with van der Waals surface area (Å²) in [7, 11) is 0. The Balaban J connectivity index is 1.90. The van der Waals surface area contributed by atoms with Gasteiger partial charge in [0.2, 0.25) is 0 Å². The van der Waals surface area contributed by atoms with Gasteiger partial charge in [-0.2, -0.15) is 0 Å². The van der Waals surface area contributed by atoms with Crippen molar-refractivity contribution in [3.8, 4) is 0 Å². The van der Waals surface area contributed by atoms with Crippen molar-refractivity contribution in [3.63, 3.8) is 0 Å². The number of hydrogen-bond acceptors (Lipinski definition) is 2. The van der Waals surface area contributed by atoms with Crippen LogP contribution in [0, 0.1) is 12.8 Å². The molecule has 1 aromatic carbocycles. The van der Waals surface area contributed by atoms with Crippen LogP contribution in [0.3, 0.4) is 0 Å². The second kappa shape index (κ2) is 6.55. The molecule has 0 radical (unpaired) electrons. The number of aryl methyl sites for hydroxylation is 1. The summed E-state index contributed by atoms with van der Waals surface area (Å²) >= 11 is 0. The number of carbonyl (C=O) groups excluding carboxylic acids is 2. The molecule has 1 saturated carbocycles. The molecule has 20 heavy (non-hydrogen) atoms.